The van der Waals surface area contributed by atoms with Crippen LogP contribution in [0.15, 0.2) is 40.1 Å². The van der Waals surface area contributed by atoms with Crippen molar-refractivity contribution in [3.63, 3.8) is 0 Å². The zero-order valence-electron chi connectivity index (χ0n) is 12.2. The maximum atomic E-state index is 12.2. The number of thiazole rings is 1. The molecule has 0 aliphatic heterocycles. The smallest absolute Gasteiger partial charge is 0.241 e. The molecule has 8 heteroatoms. The fraction of sp³-hybridized carbons (Fsp3) is 0.286. The van der Waals surface area contributed by atoms with Crippen LogP contribution in [0.4, 0.5) is 0 Å². The molecule has 2 rings (SSSR count). The fourth-order valence-electron chi connectivity index (χ4n) is 1.73. The number of hydrogen-bond donors (Lipinski definition) is 2. The third kappa shape index (κ3) is 4.36. The highest BCUT2D eigenvalue weighted by atomic mass is 32.2. The van der Waals surface area contributed by atoms with Gasteiger partial charge in [0.05, 0.1) is 28.7 Å². The van der Waals surface area contributed by atoms with Gasteiger partial charge < -0.3 is 5.32 Å². The molecule has 0 bridgehead atoms. The Morgan fingerprint density at radius 1 is 1.32 bits per heavy atom. The van der Waals surface area contributed by atoms with E-state index in [1.807, 2.05) is 12.3 Å². The van der Waals surface area contributed by atoms with Crippen molar-refractivity contribution in [1.29, 1.82) is 0 Å². The molecule has 118 valence electrons. The van der Waals surface area contributed by atoms with Crippen LogP contribution in [-0.4, -0.2) is 25.4 Å². The Labute approximate surface area is 133 Å². The normalized spacial score (nSPS) is 12.8. The van der Waals surface area contributed by atoms with E-state index < -0.39 is 22.0 Å². The van der Waals surface area contributed by atoms with E-state index in [4.69, 9.17) is 0 Å². The predicted molar refractivity (Wildman–Crippen MR) is 84.9 cm³/mol. The van der Waals surface area contributed by atoms with Gasteiger partial charge in [0.2, 0.25) is 15.9 Å². The molecular formula is C14H17N3O3S2. The summed E-state index contributed by atoms with van der Waals surface area (Å²) in [5.41, 5.74) is 3.38. The Morgan fingerprint density at radius 3 is 2.59 bits per heavy atom. The number of amides is 1. The highest BCUT2D eigenvalue weighted by Crippen LogP contribution is 2.10. The van der Waals surface area contributed by atoms with Crippen molar-refractivity contribution in [2.24, 2.45) is 0 Å². The number of aromatic nitrogens is 1. The second-order valence-corrected chi connectivity index (χ2v) is 7.29. The Morgan fingerprint density at radius 2 is 2.00 bits per heavy atom. The molecule has 0 saturated heterocycles. The van der Waals surface area contributed by atoms with E-state index >= 15 is 0 Å². The Bertz CT molecular complexity index is 725. The average Bonchev–Trinajstić information content (AvgIpc) is 2.98. The number of sulfonamides is 1. The van der Waals surface area contributed by atoms with Crippen LogP contribution < -0.4 is 10.0 Å². The quantitative estimate of drug-likeness (QED) is 0.833. The first-order valence-electron chi connectivity index (χ1n) is 6.62. The number of nitrogens with one attached hydrogen (secondary N) is 2. The van der Waals surface area contributed by atoms with Crippen molar-refractivity contribution in [3.8, 4) is 0 Å². The minimum atomic E-state index is -3.72. The lowest BCUT2D eigenvalue weighted by molar-refractivity contribution is -0.122. The van der Waals surface area contributed by atoms with Gasteiger partial charge in [0, 0.05) is 5.38 Å². The Hall–Kier alpha value is -1.77. The van der Waals surface area contributed by atoms with Crippen molar-refractivity contribution in [2.75, 3.05) is 0 Å². The summed E-state index contributed by atoms with van der Waals surface area (Å²) >= 11 is 1.43. The van der Waals surface area contributed by atoms with E-state index in [0.29, 0.717) is 0 Å². The van der Waals surface area contributed by atoms with Crippen LogP contribution in [-0.2, 0) is 21.4 Å². The number of hydrogen-bond acceptors (Lipinski definition) is 5. The first-order valence-corrected chi connectivity index (χ1v) is 9.05. The third-order valence-corrected chi connectivity index (χ3v) is 5.18. The largest absolute Gasteiger partial charge is 0.349 e. The predicted octanol–water partition coefficient (Wildman–Crippen LogP) is 1.43. The zero-order valence-corrected chi connectivity index (χ0v) is 13.9. The number of carbonyl (C=O) groups is 1. The Balaban J connectivity index is 1.96. The van der Waals surface area contributed by atoms with Crippen LogP contribution >= 0.6 is 11.3 Å². The lowest BCUT2D eigenvalue weighted by Crippen LogP contribution is -2.44. The summed E-state index contributed by atoms with van der Waals surface area (Å²) in [6.07, 6.45) is 0. The number of rotatable bonds is 6. The lowest BCUT2D eigenvalue weighted by atomic mass is 10.2. The van der Waals surface area contributed by atoms with Gasteiger partial charge >= 0.3 is 0 Å². The molecule has 0 saturated carbocycles. The zero-order chi connectivity index (χ0) is 16.2. The van der Waals surface area contributed by atoms with E-state index in [-0.39, 0.29) is 11.4 Å². The van der Waals surface area contributed by atoms with Crippen LogP contribution in [0.3, 0.4) is 0 Å². The van der Waals surface area contributed by atoms with Crippen molar-refractivity contribution >= 4 is 27.3 Å². The van der Waals surface area contributed by atoms with Crippen LogP contribution in [0.1, 0.15) is 18.2 Å². The molecule has 6 nitrogen and oxygen atoms in total. The standard InChI is InChI=1S/C14H17N3O3S2/c1-10-3-5-13(6-4-10)22(19,20)17-11(2)14(18)15-7-12-8-21-9-16-12/h3-6,8-9,11,17H,7H2,1-2H3,(H,15,18). The summed E-state index contributed by atoms with van der Waals surface area (Å²) in [7, 11) is -3.72. The summed E-state index contributed by atoms with van der Waals surface area (Å²) in [5, 5.41) is 4.47. The van der Waals surface area contributed by atoms with E-state index in [0.717, 1.165) is 11.3 Å². The van der Waals surface area contributed by atoms with E-state index in [1.165, 1.54) is 30.4 Å². The van der Waals surface area contributed by atoms with Crippen LogP contribution in [0.5, 0.6) is 0 Å². The molecule has 22 heavy (non-hydrogen) atoms. The SMILES string of the molecule is Cc1ccc(S(=O)(=O)NC(C)C(=O)NCc2cscn2)cc1. The van der Waals surface area contributed by atoms with Gasteiger partial charge in [-0.3, -0.25) is 4.79 Å². The number of carbonyl (C=O) groups excluding carboxylic acids is 1. The molecule has 0 aliphatic carbocycles. The molecule has 0 radical (unpaired) electrons. The van der Waals surface area contributed by atoms with Crippen LogP contribution in [0, 0.1) is 6.92 Å². The molecule has 0 spiro atoms. The first kappa shape index (κ1) is 16.6. The molecule has 2 aromatic rings. The van der Waals surface area contributed by atoms with Gasteiger partial charge in [0.15, 0.2) is 0 Å². The van der Waals surface area contributed by atoms with Crippen molar-refractivity contribution < 1.29 is 13.2 Å². The summed E-state index contributed by atoms with van der Waals surface area (Å²) in [5.74, 6) is -0.399. The number of aryl methyl sites for hydroxylation is 1. The molecule has 0 fully saturated rings. The van der Waals surface area contributed by atoms with Crippen molar-refractivity contribution in [3.05, 3.63) is 46.4 Å². The molecule has 1 aromatic carbocycles. The molecule has 1 heterocycles. The van der Waals surface area contributed by atoms with Gasteiger partial charge in [-0.05, 0) is 26.0 Å². The summed E-state index contributed by atoms with van der Waals surface area (Å²) in [6.45, 7) is 3.65. The molecule has 0 aliphatic rings. The lowest BCUT2D eigenvalue weighted by Gasteiger charge is -2.14. The van der Waals surface area contributed by atoms with Crippen LogP contribution in [0.25, 0.3) is 0 Å². The Kier molecular flexibility index (Phi) is 5.28. The second-order valence-electron chi connectivity index (χ2n) is 4.85. The van der Waals surface area contributed by atoms with Gasteiger partial charge in [-0.1, -0.05) is 17.7 Å². The number of benzene rings is 1. The van der Waals surface area contributed by atoms with E-state index in [9.17, 15) is 13.2 Å². The second kappa shape index (κ2) is 6.99. The van der Waals surface area contributed by atoms with Crippen LogP contribution in [0.2, 0.25) is 0 Å². The molecular weight excluding hydrogens is 322 g/mol. The minimum absolute atomic E-state index is 0.136. The van der Waals surface area contributed by atoms with Gasteiger partial charge in [0.25, 0.3) is 0 Å². The monoisotopic (exact) mass is 339 g/mol. The van der Waals surface area contributed by atoms with E-state index in [2.05, 4.69) is 15.0 Å². The average molecular weight is 339 g/mol. The third-order valence-electron chi connectivity index (χ3n) is 2.98. The van der Waals surface area contributed by atoms with Gasteiger partial charge in [0.1, 0.15) is 0 Å². The number of nitrogens with zero attached hydrogens (tertiary/aromatic N) is 1. The highest BCUT2D eigenvalue weighted by molar-refractivity contribution is 7.89. The van der Waals surface area contributed by atoms with Crippen molar-refractivity contribution in [2.45, 2.75) is 31.3 Å². The fourth-order valence-corrected chi connectivity index (χ4v) is 3.49. The first-order chi connectivity index (χ1) is 10.4. The summed E-state index contributed by atoms with van der Waals surface area (Å²) < 4.78 is 26.7. The van der Waals surface area contributed by atoms with Gasteiger partial charge in [-0.25, -0.2) is 13.4 Å². The summed E-state index contributed by atoms with van der Waals surface area (Å²) in [6, 6.07) is 5.57. The van der Waals surface area contributed by atoms with Gasteiger partial charge in [-0.2, -0.15) is 4.72 Å². The van der Waals surface area contributed by atoms with Gasteiger partial charge in [-0.15, -0.1) is 11.3 Å². The highest BCUT2D eigenvalue weighted by Gasteiger charge is 2.21. The maximum absolute atomic E-state index is 12.2. The maximum Gasteiger partial charge on any atom is 0.241 e. The molecule has 2 N–H and O–H groups in total. The molecule has 1 atom stereocenters. The minimum Gasteiger partial charge on any atom is -0.349 e. The molecule has 1 amide bonds. The topological polar surface area (TPSA) is 88.2 Å². The van der Waals surface area contributed by atoms with Crippen molar-refractivity contribution in [1.82, 2.24) is 15.0 Å². The molecule has 1 unspecified atom stereocenters. The molecule has 1 aromatic heterocycles. The summed E-state index contributed by atoms with van der Waals surface area (Å²) in [4.78, 5) is 16.1. The van der Waals surface area contributed by atoms with E-state index in [1.54, 1.807) is 17.6 Å².